The molecule has 2 rings (SSSR count). The van der Waals surface area contributed by atoms with E-state index >= 15 is 0 Å². The van der Waals surface area contributed by atoms with Gasteiger partial charge in [-0.25, -0.2) is 4.57 Å². The highest BCUT2D eigenvalue weighted by Crippen LogP contribution is 2.46. The number of nitrogens with zero attached hydrogens (tertiary/aromatic N) is 1. The lowest BCUT2D eigenvalue weighted by Gasteiger charge is -2.26. The van der Waals surface area contributed by atoms with Gasteiger partial charge in [0.2, 0.25) is 0 Å². The van der Waals surface area contributed by atoms with Gasteiger partial charge in [0.1, 0.15) is 17.5 Å². The number of methoxy groups -OCH3 is 1. The van der Waals surface area contributed by atoms with Crippen molar-refractivity contribution in [1.29, 1.82) is 0 Å². The Bertz CT molecular complexity index is 856. The van der Waals surface area contributed by atoms with E-state index in [0.29, 0.717) is 0 Å². The van der Waals surface area contributed by atoms with Crippen molar-refractivity contribution in [2.75, 3.05) is 7.11 Å². The molecule has 9 nitrogen and oxygen atoms in total. The van der Waals surface area contributed by atoms with Gasteiger partial charge in [-0.1, -0.05) is 32.0 Å². The number of carbonyl (C=O) groups excluding carboxylic acids is 1. The predicted molar refractivity (Wildman–Crippen MR) is 102 cm³/mol. The average molecular weight is 408 g/mol. The summed E-state index contributed by atoms with van der Waals surface area (Å²) < 4.78 is 29.2. The molecular formula is C18H21N2O7P. The molecule has 0 heterocycles. The maximum atomic E-state index is 13.4. The number of hydrogen-bond donors (Lipinski definition) is 1. The first-order chi connectivity index (χ1) is 13.2. The summed E-state index contributed by atoms with van der Waals surface area (Å²) in [4.78, 5) is 22.3. The number of carbonyl (C=O) groups is 1. The Morgan fingerprint density at radius 3 is 2.04 bits per heavy atom. The van der Waals surface area contributed by atoms with Crippen LogP contribution in [0.25, 0.3) is 0 Å². The SMILES string of the molecule is COC(=O)C(NP(=O)(Oc1ccccc1)Oc1ccc([N+](=O)[O-])cc1)C(C)C. The Morgan fingerprint density at radius 1 is 1.04 bits per heavy atom. The molecule has 2 atom stereocenters. The maximum absolute atomic E-state index is 13.4. The number of nitro groups is 1. The first kappa shape index (κ1) is 21.4. The van der Waals surface area contributed by atoms with Gasteiger partial charge < -0.3 is 13.8 Å². The number of ether oxygens (including phenoxy) is 1. The normalized spacial score (nSPS) is 14.0. The van der Waals surface area contributed by atoms with Gasteiger partial charge in [-0.15, -0.1) is 0 Å². The summed E-state index contributed by atoms with van der Waals surface area (Å²) in [6.45, 7) is 3.49. The number of esters is 1. The Labute approximate surface area is 162 Å². The van der Waals surface area contributed by atoms with Crippen molar-refractivity contribution in [3.8, 4) is 11.5 Å². The second kappa shape index (κ2) is 9.34. The second-order valence-corrected chi connectivity index (χ2v) is 7.74. The topological polar surface area (TPSA) is 117 Å². The largest absolute Gasteiger partial charge is 0.513 e. The molecule has 0 aliphatic heterocycles. The fourth-order valence-electron chi connectivity index (χ4n) is 2.23. The van der Waals surface area contributed by atoms with E-state index in [9.17, 15) is 19.5 Å². The summed E-state index contributed by atoms with van der Waals surface area (Å²) in [5, 5.41) is 13.4. The number of hydrogen-bond acceptors (Lipinski definition) is 7. The zero-order valence-corrected chi connectivity index (χ0v) is 16.5. The monoisotopic (exact) mass is 408 g/mol. The molecule has 150 valence electrons. The summed E-state index contributed by atoms with van der Waals surface area (Å²) in [6, 6.07) is 12.3. The minimum atomic E-state index is -4.10. The molecule has 28 heavy (non-hydrogen) atoms. The molecule has 2 unspecified atom stereocenters. The van der Waals surface area contributed by atoms with Crippen LogP contribution in [0.3, 0.4) is 0 Å². The van der Waals surface area contributed by atoms with Gasteiger partial charge in [-0.3, -0.25) is 14.9 Å². The summed E-state index contributed by atoms with van der Waals surface area (Å²) in [7, 11) is -2.88. The second-order valence-electron chi connectivity index (χ2n) is 6.12. The van der Waals surface area contributed by atoms with E-state index in [-0.39, 0.29) is 23.1 Å². The molecule has 0 aliphatic rings. The molecule has 0 aliphatic carbocycles. The number of nitro benzene ring substituents is 1. The first-order valence-electron chi connectivity index (χ1n) is 8.38. The highest BCUT2D eigenvalue weighted by atomic mass is 31.2. The standard InChI is InChI=1S/C18H21N2O7P/c1-13(2)17(18(21)25-3)19-28(24,26-15-7-5-4-6-8-15)27-16-11-9-14(10-12-16)20(22)23/h4-13,17H,1-3H3,(H,19,24). The molecule has 0 spiro atoms. The molecule has 0 fully saturated rings. The van der Waals surface area contributed by atoms with Crippen LogP contribution in [0.15, 0.2) is 54.6 Å². The van der Waals surface area contributed by atoms with Crippen LogP contribution in [0.4, 0.5) is 5.69 Å². The number of nitrogens with one attached hydrogen (secondary N) is 1. The van der Waals surface area contributed by atoms with Crippen LogP contribution in [0.1, 0.15) is 13.8 Å². The van der Waals surface area contributed by atoms with E-state index in [1.165, 1.54) is 31.4 Å². The predicted octanol–water partition coefficient (Wildman–Crippen LogP) is 3.95. The smallest absolute Gasteiger partial charge is 0.468 e. The van der Waals surface area contributed by atoms with Crippen molar-refractivity contribution >= 4 is 19.4 Å². The molecular weight excluding hydrogens is 387 g/mol. The highest BCUT2D eigenvalue weighted by molar-refractivity contribution is 7.52. The summed E-state index contributed by atoms with van der Waals surface area (Å²) >= 11 is 0. The maximum Gasteiger partial charge on any atom is 0.513 e. The van der Waals surface area contributed by atoms with Crippen molar-refractivity contribution in [2.24, 2.45) is 5.92 Å². The lowest BCUT2D eigenvalue weighted by atomic mass is 10.1. The minimum Gasteiger partial charge on any atom is -0.468 e. The molecule has 10 heteroatoms. The van der Waals surface area contributed by atoms with Crippen molar-refractivity contribution < 1.29 is 28.1 Å². The quantitative estimate of drug-likeness (QED) is 0.287. The third-order valence-corrected chi connectivity index (χ3v) is 5.16. The third-order valence-electron chi connectivity index (χ3n) is 3.66. The van der Waals surface area contributed by atoms with Crippen LogP contribution in [-0.4, -0.2) is 24.0 Å². The molecule has 0 amide bonds. The number of non-ortho nitro benzene ring substituents is 1. The van der Waals surface area contributed by atoms with Gasteiger partial charge in [0.25, 0.3) is 5.69 Å². The number of rotatable bonds is 9. The Kier molecular flexibility index (Phi) is 7.14. The van der Waals surface area contributed by atoms with E-state index in [1.54, 1.807) is 44.2 Å². The Balaban J connectivity index is 2.33. The Hall–Kier alpha value is -2.90. The van der Waals surface area contributed by atoms with E-state index in [1.807, 2.05) is 0 Å². The molecule has 1 N–H and O–H groups in total. The zero-order valence-electron chi connectivity index (χ0n) is 15.6. The van der Waals surface area contributed by atoms with Crippen LogP contribution in [0, 0.1) is 16.0 Å². The van der Waals surface area contributed by atoms with Crippen LogP contribution in [0.2, 0.25) is 0 Å². The fraction of sp³-hybridized carbons (Fsp3) is 0.278. The molecule has 2 aromatic rings. The van der Waals surface area contributed by atoms with E-state index in [0.717, 1.165) is 0 Å². The highest BCUT2D eigenvalue weighted by Gasteiger charge is 2.37. The van der Waals surface area contributed by atoms with Crippen molar-refractivity contribution in [1.82, 2.24) is 5.09 Å². The van der Waals surface area contributed by atoms with Gasteiger partial charge in [0.15, 0.2) is 0 Å². The van der Waals surface area contributed by atoms with E-state index in [4.69, 9.17) is 13.8 Å². The minimum absolute atomic E-state index is 0.0738. The molecule has 0 radical (unpaired) electrons. The van der Waals surface area contributed by atoms with Gasteiger partial charge in [0, 0.05) is 12.1 Å². The summed E-state index contributed by atoms with van der Waals surface area (Å²) in [6.07, 6.45) is 0. The third kappa shape index (κ3) is 5.80. The van der Waals surface area contributed by atoms with Gasteiger partial charge in [-0.05, 0) is 30.2 Å². The van der Waals surface area contributed by atoms with Gasteiger partial charge >= 0.3 is 13.7 Å². The number of para-hydroxylation sites is 1. The van der Waals surface area contributed by atoms with Crippen molar-refractivity contribution in [2.45, 2.75) is 19.9 Å². The molecule has 0 aromatic heterocycles. The van der Waals surface area contributed by atoms with Gasteiger partial charge in [-0.2, -0.15) is 5.09 Å². The van der Waals surface area contributed by atoms with Crippen LogP contribution >= 0.6 is 7.75 Å². The van der Waals surface area contributed by atoms with Crippen molar-refractivity contribution in [3.05, 3.63) is 64.7 Å². The summed E-state index contributed by atoms with van der Waals surface area (Å²) in [5.74, 6) is -0.572. The van der Waals surface area contributed by atoms with Crippen LogP contribution in [0.5, 0.6) is 11.5 Å². The first-order valence-corrected chi connectivity index (χ1v) is 9.92. The molecule has 0 saturated carbocycles. The number of benzene rings is 2. The average Bonchev–Trinajstić information content (AvgIpc) is 2.66. The molecule has 0 bridgehead atoms. The zero-order chi connectivity index (χ0) is 20.7. The fourth-order valence-corrected chi connectivity index (χ4v) is 3.92. The van der Waals surface area contributed by atoms with Crippen LogP contribution < -0.4 is 14.1 Å². The van der Waals surface area contributed by atoms with E-state index in [2.05, 4.69) is 5.09 Å². The van der Waals surface area contributed by atoms with Crippen molar-refractivity contribution in [3.63, 3.8) is 0 Å². The molecule has 2 aromatic carbocycles. The summed E-state index contributed by atoms with van der Waals surface area (Å²) in [5.41, 5.74) is -0.145. The van der Waals surface area contributed by atoms with E-state index < -0.39 is 24.7 Å². The molecule has 0 saturated heterocycles. The van der Waals surface area contributed by atoms with Crippen LogP contribution in [-0.2, 0) is 14.1 Å². The lowest BCUT2D eigenvalue weighted by molar-refractivity contribution is -0.384. The lowest BCUT2D eigenvalue weighted by Crippen LogP contribution is -2.41. The Morgan fingerprint density at radius 2 is 1.57 bits per heavy atom. The van der Waals surface area contributed by atoms with Gasteiger partial charge in [0.05, 0.1) is 12.0 Å².